The largest absolute Gasteiger partial charge is 0.444 e. The number of hydrogen-bond acceptors (Lipinski definition) is 7. The van der Waals surface area contributed by atoms with E-state index in [1.54, 1.807) is 23.4 Å². The van der Waals surface area contributed by atoms with Gasteiger partial charge < -0.3 is 19.9 Å². The third kappa shape index (κ3) is 5.49. The molecule has 2 aliphatic rings. The fourth-order valence-electron chi connectivity index (χ4n) is 3.70. The molecule has 1 saturated heterocycles. The number of halogens is 1. The van der Waals surface area contributed by atoms with Gasteiger partial charge in [0.15, 0.2) is 0 Å². The van der Waals surface area contributed by atoms with Crippen molar-refractivity contribution in [2.75, 3.05) is 36.4 Å². The fraction of sp³-hybridized carbons (Fsp3) is 0.333. The maximum Gasteiger partial charge on any atom is 0.410 e. The maximum absolute atomic E-state index is 12.4. The third-order valence-electron chi connectivity index (χ3n) is 5.37. The molecule has 10 heteroatoms. The monoisotopic (exact) mass is 575 g/mol. The van der Waals surface area contributed by atoms with Crippen molar-refractivity contribution in [3.05, 3.63) is 57.4 Å². The fourth-order valence-corrected chi connectivity index (χ4v) is 4.19. The van der Waals surface area contributed by atoms with Crippen LogP contribution in [0.5, 0.6) is 0 Å². The van der Waals surface area contributed by atoms with Gasteiger partial charge in [-0.2, -0.15) is 0 Å². The van der Waals surface area contributed by atoms with Gasteiger partial charge in [0.25, 0.3) is 11.8 Å². The molecule has 3 heterocycles. The molecule has 2 N–H and O–H groups in total. The van der Waals surface area contributed by atoms with Crippen LogP contribution in [0.15, 0.2) is 42.7 Å². The van der Waals surface area contributed by atoms with Crippen molar-refractivity contribution >= 4 is 57.6 Å². The lowest BCUT2D eigenvalue weighted by Crippen LogP contribution is -2.50. The van der Waals surface area contributed by atoms with Crippen LogP contribution in [0.4, 0.5) is 16.3 Å². The SMILES string of the molecule is CC(C)(C)OC(=O)N1CCN(c2ccc(NC=C3C(=O)NC(=O)c4ccc(I)cc43)cn2)CC1. The van der Waals surface area contributed by atoms with Crippen molar-refractivity contribution in [3.63, 3.8) is 0 Å². The number of anilines is 2. The summed E-state index contributed by atoms with van der Waals surface area (Å²) in [4.78, 5) is 45.1. The number of fused-ring (bicyclic) bond motifs is 1. The normalized spacial score (nSPS) is 17.4. The number of nitrogens with zero attached hydrogens (tertiary/aromatic N) is 3. The molecule has 0 aliphatic carbocycles. The van der Waals surface area contributed by atoms with Crippen LogP contribution in [-0.2, 0) is 9.53 Å². The first-order valence-corrected chi connectivity index (χ1v) is 12.0. The van der Waals surface area contributed by atoms with E-state index in [1.807, 2.05) is 45.0 Å². The second-order valence-electron chi connectivity index (χ2n) is 9.04. The second kappa shape index (κ2) is 9.61. The highest BCUT2D eigenvalue weighted by Crippen LogP contribution is 2.26. The Labute approximate surface area is 211 Å². The lowest BCUT2D eigenvalue weighted by atomic mass is 9.96. The van der Waals surface area contributed by atoms with Crippen LogP contribution in [0.25, 0.3) is 5.57 Å². The number of benzene rings is 1. The Morgan fingerprint density at radius 2 is 1.82 bits per heavy atom. The van der Waals surface area contributed by atoms with Crippen LogP contribution in [-0.4, -0.2) is 59.6 Å². The van der Waals surface area contributed by atoms with Crippen LogP contribution >= 0.6 is 22.6 Å². The lowest BCUT2D eigenvalue weighted by Gasteiger charge is -2.36. The smallest absolute Gasteiger partial charge is 0.410 e. The predicted octanol–water partition coefficient (Wildman–Crippen LogP) is 3.47. The summed E-state index contributed by atoms with van der Waals surface area (Å²) < 4.78 is 6.38. The van der Waals surface area contributed by atoms with Crippen LogP contribution in [0.3, 0.4) is 0 Å². The number of hydrogen-bond donors (Lipinski definition) is 2. The Bertz CT molecular complexity index is 1150. The summed E-state index contributed by atoms with van der Waals surface area (Å²) in [5.41, 5.74) is 1.64. The number of rotatable bonds is 3. The van der Waals surface area contributed by atoms with Gasteiger partial charge in [-0.15, -0.1) is 0 Å². The molecule has 4 rings (SSSR count). The summed E-state index contributed by atoms with van der Waals surface area (Å²) in [5, 5.41) is 5.48. The molecule has 178 valence electrons. The second-order valence-corrected chi connectivity index (χ2v) is 10.3. The van der Waals surface area contributed by atoms with E-state index in [2.05, 4.69) is 43.1 Å². The summed E-state index contributed by atoms with van der Waals surface area (Å²) in [6.45, 7) is 8.02. The van der Waals surface area contributed by atoms with Gasteiger partial charge in [0.2, 0.25) is 0 Å². The maximum atomic E-state index is 12.4. The molecule has 1 fully saturated rings. The zero-order valence-corrected chi connectivity index (χ0v) is 21.4. The van der Waals surface area contributed by atoms with Crippen molar-refractivity contribution in [2.45, 2.75) is 26.4 Å². The molecule has 2 aliphatic heterocycles. The standard InChI is InChI=1S/C24H26IN5O4/c1-24(2,3)34-23(33)30-10-8-29(9-11-30)20-7-5-16(13-27-20)26-14-19-18-12-15(25)4-6-17(18)21(31)28-22(19)32/h4-7,12-14,26H,8-11H2,1-3H3,(H,28,31,32). The number of imide groups is 1. The first-order chi connectivity index (χ1) is 16.1. The van der Waals surface area contributed by atoms with E-state index < -0.39 is 17.4 Å². The van der Waals surface area contributed by atoms with Gasteiger partial charge in [0.1, 0.15) is 11.4 Å². The molecular weight excluding hydrogens is 549 g/mol. The first-order valence-electron chi connectivity index (χ1n) is 10.9. The Morgan fingerprint density at radius 1 is 1.09 bits per heavy atom. The van der Waals surface area contributed by atoms with Crippen LogP contribution in [0.2, 0.25) is 0 Å². The van der Waals surface area contributed by atoms with Gasteiger partial charge in [-0.3, -0.25) is 14.9 Å². The quantitative estimate of drug-likeness (QED) is 0.328. The molecule has 0 spiro atoms. The van der Waals surface area contributed by atoms with E-state index >= 15 is 0 Å². The number of pyridine rings is 1. The van der Waals surface area contributed by atoms with E-state index in [0.29, 0.717) is 48.6 Å². The predicted molar refractivity (Wildman–Crippen MR) is 137 cm³/mol. The summed E-state index contributed by atoms with van der Waals surface area (Å²) in [6, 6.07) is 9.13. The van der Waals surface area contributed by atoms with Gasteiger partial charge in [0, 0.05) is 47.1 Å². The van der Waals surface area contributed by atoms with Crippen molar-refractivity contribution < 1.29 is 19.1 Å². The Balaban J connectivity index is 1.40. The van der Waals surface area contributed by atoms with E-state index in [4.69, 9.17) is 4.74 Å². The van der Waals surface area contributed by atoms with Crippen molar-refractivity contribution in [1.82, 2.24) is 15.2 Å². The van der Waals surface area contributed by atoms with Crippen LogP contribution in [0.1, 0.15) is 36.7 Å². The highest BCUT2D eigenvalue weighted by molar-refractivity contribution is 14.1. The van der Waals surface area contributed by atoms with E-state index in [9.17, 15) is 14.4 Å². The third-order valence-corrected chi connectivity index (χ3v) is 6.05. The summed E-state index contributed by atoms with van der Waals surface area (Å²) in [5.74, 6) is -0.0336. The highest BCUT2D eigenvalue weighted by atomic mass is 127. The number of nitrogens with one attached hydrogen (secondary N) is 2. The summed E-state index contributed by atoms with van der Waals surface area (Å²) in [7, 11) is 0. The summed E-state index contributed by atoms with van der Waals surface area (Å²) >= 11 is 2.15. The minimum Gasteiger partial charge on any atom is -0.444 e. The summed E-state index contributed by atoms with van der Waals surface area (Å²) in [6.07, 6.45) is 2.98. The molecule has 3 amide bonds. The molecule has 1 aromatic heterocycles. The van der Waals surface area contributed by atoms with Gasteiger partial charge in [0.05, 0.1) is 17.5 Å². The topological polar surface area (TPSA) is 104 Å². The average Bonchev–Trinajstić information content (AvgIpc) is 2.78. The number of aromatic nitrogens is 1. The van der Waals surface area contributed by atoms with E-state index in [1.165, 1.54) is 0 Å². The van der Waals surface area contributed by atoms with Crippen molar-refractivity contribution in [3.8, 4) is 0 Å². The van der Waals surface area contributed by atoms with Crippen molar-refractivity contribution in [2.24, 2.45) is 0 Å². The molecule has 0 radical (unpaired) electrons. The van der Waals surface area contributed by atoms with E-state index in [0.717, 1.165) is 9.39 Å². The lowest BCUT2D eigenvalue weighted by molar-refractivity contribution is -0.114. The Morgan fingerprint density at radius 3 is 2.47 bits per heavy atom. The number of amides is 3. The van der Waals surface area contributed by atoms with E-state index in [-0.39, 0.29) is 6.09 Å². The van der Waals surface area contributed by atoms with Gasteiger partial charge in [-0.25, -0.2) is 9.78 Å². The number of carbonyl (C=O) groups is 3. The number of carbonyl (C=O) groups excluding carboxylic acids is 3. The molecule has 0 bridgehead atoms. The Hall–Kier alpha value is -3.15. The average molecular weight is 575 g/mol. The number of ether oxygens (including phenoxy) is 1. The van der Waals surface area contributed by atoms with Gasteiger partial charge in [-0.05, 0) is 73.7 Å². The molecule has 34 heavy (non-hydrogen) atoms. The molecule has 0 unspecified atom stereocenters. The minimum absolute atomic E-state index is 0.294. The molecule has 1 aromatic carbocycles. The molecule has 9 nitrogen and oxygen atoms in total. The highest BCUT2D eigenvalue weighted by Gasteiger charge is 2.28. The van der Waals surface area contributed by atoms with Crippen molar-refractivity contribution in [1.29, 1.82) is 0 Å². The van der Waals surface area contributed by atoms with Crippen LogP contribution in [0, 0.1) is 3.57 Å². The van der Waals surface area contributed by atoms with Gasteiger partial charge in [-0.1, -0.05) is 0 Å². The zero-order chi connectivity index (χ0) is 24.5. The molecular formula is C24H26IN5O4. The number of piperazine rings is 1. The Kier molecular flexibility index (Phi) is 6.78. The first kappa shape index (κ1) is 24.0. The zero-order valence-electron chi connectivity index (χ0n) is 19.2. The van der Waals surface area contributed by atoms with Gasteiger partial charge >= 0.3 is 6.09 Å². The minimum atomic E-state index is -0.512. The molecule has 0 saturated carbocycles. The van der Waals surface area contributed by atoms with Crippen LogP contribution < -0.4 is 15.5 Å². The molecule has 2 aromatic rings. The molecule has 0 atom stereocenters.